The summed E-state index contributed by atoms with van der Waals surface area (Å²) in [6.07, 6.45) is 5.10. The van der Waals surface area contributed by atoms with Crippen molar-refractivity contribution in [2.45, 2.75) is 31.7 Å². The number of methoxy groups -OCH3 is 1. The third kappa shape index (κ3) is 1.76. The maximum absolute atomic E-state index is 5.32. The zero-order valence-corrected chi connectivity index (χ0v) is 11.4. The van der Waals surface area contributed by atoms with Gasteiger partial charge in [-0.05, 0) is 43.5 Å². The predicted octanol–water partition coefficient (Wildman–Crippen LogP) is 2.74. The largest absolute Gasteiger partial charge is 0.497 e. The van der Waals surface area contributed by atoms with E-state index in [2.05, 4.69) is 28.1 Å². The minimum absolute atomic E-state index is 0.766. The predicted molar refractivity (Wildman–Crippen MR) is 76.9 cm³/mol. The van der Waals surface area contributed by atoms with Crippen molar-refractivity contribution in [3.05, 3.63) is 29.5 Å². The Bertz CT molecular complexity index is 616. The van der Waals surface area contributed by atoms with Gasteiger partial charge in [0.15, 0.2) is 0 Å². The summed E-state index contributed by atoms with van der Waals surface area (Å²) in [6.45, 7) is 2.50. The molecule has 1 fully saturated rings. The molecule has 0 spiro atoms. The first kappa shape index (κ1) is 11.4. The molecule has 0 aliphatic carbocycles. The average Bonchev–Trinajstić information content (AvgIpc) is 2.98. The lowest BCUT2D eigenvalue weighted by Crippen LogP contribution is -2.30. The van der Waals surface area contributed by atoms with E-state index in [4.69, 9.17) is 4.74 Å². The van der Waals surface area contributed by atoms with E-state index in [1.54, 1.807) is 12.7 Å². The lowest BCUT2D eigenvalue weighted by molar-refractivity contribution is 0.263. The highest BCUT2D eigenvalue weighted by atomic mass is 16.5. The highest BCUT2D eigenvalue weighted by Crippen LogP contribution is 2.32. The molecule has 19 heavy (non-hydrogen) atoms. The van der Waals surface area contributed by atoms with E-state index < -0.39 is 0 Å². The summed E-state index contributed by atoms with van der Waals surface area (Å²) in [7, 11) is 1.73. The number of H-pyrrole nitrogens is 1. The van der Waals surface area contributed by atoms with Gasteiger partial charge in [0, 0.05) is 41.7 Å². The van der Waals surface area contributed by atoms with Crippen molar-refractivity contribution >= 4 is 10.9 Å². The van der Waals surface area contributed by atoms with Crippen molar-refractivity contribution in [1.29, 1.82) is 0 Å². The van der Waals surface area contributed by atoms with Crippen LogP contribution < -0.4 is 4.74 Å². The van der Waals surface area contributed by atoms with Gasteiger partial charge in [-0.3, -0.25) is 4.90 Å². The summed E-state index contributed by atoms with van der Waals surface area (Å²) < 4.78 is 5.32. The zero-order valence-electron chi connectivity index (χ0n) is 11.4. The van der Waals surface area contributed by atoms with E-state index in [9.17, 15) is 0 Å². The molecular weight excluding hydrogens is 236 g/mol. The number of rotatable bonds is 1. The van der Waals surface area contributed by atoms with Crippen molar-refractivity contribution < 1.29 is 4.74 Å². The minimum Gasteiger partial charge on any atom is -0.497 e. The molecule has 4 rings (SSSR count). The van der Waals surface area contributed by atoms with E-state index >= 15 is 0 Å². The molecule has 3 heteroatoms. The Hall–Kier alpha value is -1.48. The quantitative estimate of drug-likeness (QED) is 0.849. The summed E-state index contributed by atoms with van der Waals surface area (Å²) in [6, 6.07) is 7.18. The number of fused-ring (bicyclic) bond motifs is 4. The van der Waals surface area contributed by atoms with Crippen LogP contribution in [0.1, 0.15) is 24.1 Å². The summed E-state index contributed by atoms with van der Waals surface area (Å²) in [5.41, 5.74) is 4.22. The smallest absolute Gasteiger partial charge is 0.120 e. The van der Waals surface area contributed by atoms with Gasteiger partial charge in [-0.2, -0.15) is 0 Å². The molecule has 0 bridgehead atoms. The Labute approximate surface area is 113 Å². The van der Waals surface area contributed by atoms with E-state index in [0.29, 0.717) is 0 Å². The van der Waals surface area contributed by atoms with E-state index in [1.807, 2.05) is 0 Å². The maximum atomic E-state index is 5.32. The molecule has 0 amide bonds. The number of ether oxygens (including phenoxy) is 1. The van der Waals surface area contributed by atoms with Crippen LogP contribution in [0.15, 0.2) is 18.2 Å². The Balaban J connectivity index is 1.80. The molecule has 1 atom stereocenters. The fourth-order valence-electron chi connectivity index (χ4n) is 3.78. The number of aromatic nitrogens is 1. The SMILES string of the molecule is COc1ccc2c3c([nH]c2c1)CCN1CCC[C@H]1C3. The van der Waals surface area contributed by atoms with Crippen LogP contribution in [-0.4, -0.2) is 36.1 Å². The molecular formula is C16H20N2O. The second-order valence-electron chi connectivity index (χ2n) is 5.78. The van der Waals surface area contributed by atoms with Crippen molar-refractivity contribution in [2.24, 2.45) is 0 Å². The zero-order chi connectivity index (χ0) is 12.8. The summed E-state index contributed by atoms with van der Waals surface area (Å²) >= 11 is 0. The number of aromatic amines is 1. The van der Waals surface area contributed by atoms with E-state index in [0.717, 1.165) is 18.2 Å². The van der Waals surface area contributed by atoms with Gasteiger partial charge >= 0.3 is 0 Å². The van der Waals surface area contributed by atoms with Crippen LogP contribution >= 0.6 is 0 Å². The normalized spacial score (nSPS) is 23.1. The molecule has 0 radical (unpaired) electrons. The van der Waals surface area contributed by atoms with Crippen LogP contribution in [0.25, 0.3) is 10.9 Å². The molecule has 1 N–H and O–H groups in total. The molecule has 1 saturated heterocycles. The van der Waals surface area contributed by atoms with Gasteiger partial charge < -0.3 is 9.72 Å². The molecule has 2 aromatic rings. The Morgan fingerprint density at radius 3 is 3.16 bits per heavy atom. The standard InChI is InChI=1S/C16H20N2O/c1-19-12-4-5-13-14-9-11-3-2-7-18(11)8-6-15(14)17-16(13)10-12/h4-5,10-11,17H,2-3,6-9H2,1H3/t11-/m0/s1. The van der Waals surface area contributed by atoms with E-state index in [-0.39, 0.29) is 0 Å². The highest BCUT2D eigenvalue weighted by molar-refractivity contribution is 5.86. The first-order chi connectivity index (χ1) is 9.35. The van der Waals surface area contributed by atoms with Crippen molar-refractivity contribution in [2.75, 3.05) is 20.2 Å². The summed E-state index contributed by atoms with van der Waals surface area (Å²) in [5, 5.41) is 1.39. The van der Waals surface area contributed by atoms with Gasteiger partial charge in [0.2, 0.25) is 0 Å². The highest BCUT2D eigenvalue weighted by Gasteiger charge is 2.29. The summed E-state index contributed by atoms with van der Waals surface area (Å²) in [5.74, 6) is 0.936. The average molecular weight is 256 g/mol. The minimum atomic E-state index is 0.766. The van der Waals surface area contributed by atoms with Gasteiger partial charge in [-0.1, -0.05) is 0 Å². The molecule has 3 heterocycles. The number of nitrogens with zero attached hydrogens (tertiary/aromatic N) is 1. The van der Waals surface area contributed by atoms with Crippen LogP contribution in [-0.2, 0) is 12.8 Å². The Morgan fingerprint density at radius 1 is 1.32 bits per heavy atom. The monoisotopic (exact) mass is 256 g/mol. The van der Waals surface area contributed by atoms with Crippen LogP contribution in [0.2, 0.25) is 0 Å². The van der Waals surface area contributed by atoms with Gasteiger partial charge in [0.1, 0.15) is 5.75 Å². The van der Waals surface area contributed by atoms with Crippen molar-refractivity contribution in [3.63, 3.8) is 0 Å². The van der Waals surface area contributed by atoms with Crippen molar-refractivity contribution in [3.8, 4) is 5.75 Å². The fraction of sp³-hybridized carbons (Fsp3) is 0.500. The first-order valence-corrected chi connectivity index (χ1v) is 7.26. The third-order valence-corrected chi connectivity index (χ3v) is 4.79. The lowest BCUT2D eigenvalue weighted by atomic mass is 10.0. The second-order valence-corrected chi connectivity index (χ2v) is 5.78. The number of benzene rings is 1. The molecule has 2 aliphatic heterocycles. The fourth-order valence-corrected chi connectivity index (χ4v) is 3.78. The molecule has 2 aliphatic rings. The molecule has 1 aromatic carbocycles. The van der Waals surface area contributed by atoms with Crippen molar-refractivity contribution in [1.82, 2.24) is 9.88 Å². The molecule has 100 valence electrons. The maximum Gasteiger partial charge on any atom is 0.120 e. The number of nitrogens with one attached hydrogen (secondary N) is 1. The Kier molecular flexibility index (Phi) is 2.55. The Morgan fingerprint density at radius 2 is 2.26 bits per heavy atom. The topological polar surface area (TPSA) is 28.3 Å². The van der Waals surface area contributed by atoms with Crippen LogP contribution in [0.5, 0.6) is 5.75 Å². The van der Waals surface area contributed by atoms with Gasteiger partial charge in [0.05, 0.1) is 7.11 Å². The summed E-state index contributed by atoms with van der Waals surface area (Å²) in [4.78, 5) is 6.28. The van der Waals surface area contributed by atoms with Gasteiger partial charge in [-0.25, -0.2) is 0 Å². The molecule has 0 saturated carbocycles. The number of hydrogen-bond donors (Lipinski definition) is 1. The molecule has 3 nitrogen and oxygen atoms in total. The lowest BCUT2D eigenvalue weighted by Gasteiger charge is -2.21. The first-order valence-electron chi connectivity index (χ1n) is 7.26. The molecule has 0 unspecified atom stereocenters. The number of hydrogen-bond acceptors (Lipinski definition) is 2. The van der Waals surface area contributed by atoms with Gasteiger partial charge in [-0.15, -0.1) is 0 Å². The third-order valence-electron chi connectivity index (χ3n) is 4.79. The van der Waals surface area contributed by atoms with Crippen LogP contribution in [0.4, 0.5) is 0 Å². The second kappa shape index (κ2) is 4.27. The van der Waals surface area contributed by atoms with Crippen LogP contribution in [0.3, 0.4) is 0 Å². The van der Waals surface area contributed by atoms with E-state index in [1.165, 1.54) is 48.9 Å². The van der Waals surface area contributed by atoms with Gasteiger partial charge in [0.25, 0.3) is 0 Å². The van der Waals surface area contributed by atoms with Crippen LogP contribution in [0, 0.1) is 0 Å². The molecule has 1 aromatic heterocycles.